The van der Waals surface area contributed by atoms with E-state index in [1.54, 1.807) is 14.2 Å². The molecule has 34 heavy (non-hydrogen) atoms. The van der Waals surface area contributed by atoms with Crippen LogP contribution in [-0.2, 0) is 24.2 Å². The van der Waals surface area contributed by atoms with E-state index >= 15 is 0 Å². The van der Waals surface area contributed by atoms with Crippen molar-refractivity contribution in [2.75, 3.05) is 27.4 Å². The Morgan fingerprint density at radius 2 is 1.68 bits per heavy atom. The van der Waals surface area contributed by atoms with Crippen LogP contribution in [0.2, 0.25) is 0 Å². The molecule has 0 bridgehead atoms. The van der Waals surface area contributed by atoms with Crippen LogP contribution in [0.3, 0.4) is 0 Å². The second-order valence-corrected chi connectivity index (χ2v) is 7.82. The van der Waals surface area contributed by atoms with E-state index < -0.39 is 0 Å². The third-order valence-electron chi connectivity index (χ3n) is 5.55. The Bertz CT molecular complexity index is 1230. The highest BCUT2D eigenvalue weighted by atomic mass is 16.5. The minimum atomic E-state index is -0.0193. The topological polar surface area (TPSA) is 74.6 Å². The molecule has 7 heteroatoms. The van der Waals surface area contributed by atoms with Crippen LogP contribution in [-0.4, -0.2) is 42.8 Å². The molecule has 0 atom stereocenters. The fraction of sp³-hybridized carbons (Fsp3) is 0.259. The number of aromatic nitrogens is 2. The summed E-state index contributed by atoms with van der Waals surface area (Å²) in [7, 11) is 3.26. The molecule has 0 aliphatic heterocycles. The summed E-state index contributed by atoms with van der Waals surface area (Å²) in [5.41, 5.74) is 2.93. The molecule has 1 amide bonds. The molecule has 0 fully saturated rings. The SMILES string of the molecule is COc1ccc(CC(=O)NCCc2nc3ccccc3n2CCOc2cccc(OC)c2)cc1. The van der Waals surface area contributed by atoms with E-state index in [1.807, 2.05) is 66.7 Å². The van der Waals surface area contributed by atoms with Gasteiger partial charge >= 0.3 is 0 Å². The van der Waals surface area contributed by atoms with Crippen molar-refractivity contribution in [3.05, 3.63) is 84.2 Å². The lowest BCUT2D eigenvalue weighted by atomic mass is 10.1. The number of nitrogens with one attached hydrogen (secondary N) is 1. The number of benzene rings is 3. The number of hydrogen-bond donors (Lipinski definition) is 1. The van der Waals surface area contributed by atoms with Crippen LogP contribution in [0.5, 0.6) is 17.2 Å². The Balaban J connectivity index is 1.35. The molecule has 1 heterocycles. The molecule has 1 N–H and O–H groups in total. The smallest absolute Gasteiger partial charge is 0.224 e. The van der Waals surface area contributed by atoms with Gasteiger partial charge in [0.15, 0.2) is 0 Å². The maximum atomic E-state index is 12.4. The zero-order valence-corrected chi connectivity index (χ0v) is 19.5. The monoisotopic (exact) mass is 459 g/mol. The van der Waals surface area contributed by atoms with Gasteiger partial charge in [0.05, 0.1) is 38.2 Å². The van der Waals surface area contributed by atoms with Gasteiger partial charge in [0.1, 0.15) is 29.7 Å². The first-order chi connectivity index (χ1) is 16.7. The van der Waals surface area contributed by atoms with E-state index in [0.717, 1.165) is 39.7 Å². The van der Waals surface area contributed by atoms with Gasteiger partial charge in [0, 0.05) is 19.0 Å². The molecular weight excluding hydrogens is 430 g/mol. The molecule has 7 nitrogen and oxygen atoms in total. The van der Waals surface area contributed by atoms with Crippen LogP contribution < -0.4 is 19.5 Å². The lowest BCUT2D eigenvalue weighted by Gasteiger charge is -2.12. The maximum absolute atomic E-state index is 12.4. The molecule has 4 rings (SSSR count). The molecule has 3 aromatic carbocycles. The summed E-state index contributed by atoms with van der Waals surface area (Å²) in [6, 6.07) is 23.1. The number of hydrogen-bond acceptors (Lipinski definition) is 5. The van der Waals surface area contributed by atoms with Crippen molar-refractivity contribution in [1.29, 1.82) is 0 Å². The van der Waals surface area contributed by atoms with Crippen LogP contribution in [0.15, 0.2) is 72.8 Å². The summed E-state index contributed by atoms with van der Waals surface area (Å²) in [5, 5.41) is 3.01. The molecule has 0 saturated carbocycles. The number of rotatable bonds is 11. The molecule has 1 aromatic heterocycles. The summed E-state index contributed by atoms with van der Waals surface area (Å²) in [4.78, 5) is 17.2. The van der Waals surface area contributed by atoms with Crippen LogP contribution in [0.1, 0.15) is 11.4 Å². The van der Waals surface area contributed by atoms with E-state index in [4.69, 9.17) is 19.2 Å². The van der Waals surface area contributed by atoms with Gasteiger partial charge < -0.3 is 24.1 Å². The summed E-state index contributed by atoms with van der Waals surface area (Å²) >= 11 is 0. The van der Waals surface area contributed by atoms with E-state index in [9.17, 15) is 4.79 Å². The maximum Gasteiger partial charge on any atom is 0.224 e. The Labute approximate surface area is 199 Å². The number of fused-ring (bicyclic) bond motifs is 1. The molecular formula is C27H29N3O4. The highest BCUT2D eigenvalue weighted by Gasteiger charge is 2.11. The minimum absolute atomic E-state index is 0.0193. The normalized spacial score (nSPS) is 10.8. The summed E-state index contributed by atoms with van der Waals surface area (Å²) in [6.07, 6.45) is 0.955. The number of carbonyl (C=O) groups excluding carboxylic acids is 1. The third kappa shape index (κ3) is 5.86. The Hall–Kier alpha value is -4.00. The quantitative estimate of drug-likeness (QED) is 0.367. The molecule has 0 saturated heterocycles. The van der Waals surface area contributed by atoms with Crippen molar-refractivity contribution in [2.24, 2.45) is 0 Å². The van der Waals surface area contributed by atoms with Crippen molar-refractivity contribution >= 4 is 16.9 Å². The van der Waals surface area contributed by atoms with Gasteiger partial charge in [0.2, 0.25) is 5.91 Å². The molecule has 0 spiro atoms. The van der Waals surface area contributed by atoms with Gasteiger partial charge in [-0.1, -0.05) is 30.3 Å². The largest absolute Gasteiger partial charge is 0.497 e. The van der Waals surface area contributed by atoms with Gasteiger partial charge in [-0.2, -0.15) is 0 Å². The number of para-hydroxylation sites is 2. The number of carbonyl (C=O) groups is 1. The van der Waals surface area contributed by atoms with Crippen molar-refractivity contribution in [3.8, 4) is 17.2 Å². The number of amides is 1. The van der Waals surface area contributed by atoms with Crippen LogP contribution in [0.25, 0.3) is 11.0 Å². The van der Waals surface area contributed by atoms with Gasteiger partial charge in [-0.15, -0.1) is 0 Å². The van der Waals surface area contributed by atoms with Crippen LogP contribution in [0, 0.1) is 0 Å². The Kier molecular flexibility index (Phi) is 7.65. The molecule has 4 aromatic rings. The standard InChI is InChI=1S/C27H29N3O4/c1-32-21-12-10-20(11-13-21)18-27(31)28-15-14-26-29-24-8-3-4-9-25(24)30(26)16-17-34-23-7-5-6-22(19-23)33-2/h3-13,19H,14-18H2,1-2H3,(H,28,31). The third-order valence-corrected chi connectivity index (χ3v) is 5.55. The molecule has 0 unspecified atom stereocenters. The van der Waals surface area contributed by atoms with E-state index in [-0.39, 0.29) is 5.91 Å². The second kappa shape index (κ2) is 11.2. The molecule has 0 aliphatic carbocycles. The number of methoxy groups -OCH3 is 2. The number of ether oxygens (including phenoxy) is 3. The zero-order chi connectivity index (χ0) is 23.8. The van der Waals surface area contributed by atoms with Crippen molar-refractivity contribution in [3.63, 3.8) is 0 Å². The average molecular weight is 460 g/mol. The summed E-state index contributed by atoms with van der Waals surface area (Å²) in [6.45, 7) is 1.65. The lowest BCUT2D eigenvalue weighted by Crippen LogP contribution is -2.28. The Morgan fingerprint density at radius 1 is 0.912 bits per heavy atom. The lowest BCUT2D eigenvalue weighted by molar-refractivity contribution is -0.120. The van der Waals surface area contributed by atoms with E-state index in [2.05, 4.69) is 16.0 Å². The van der Waals surface area contributed by atoms with Crippen molar-refractivity contribution in [2.45, 2.75) is 19.4 Å². The minimum Gasteiger partial charge on any atom is -0.497 e. The number of nitrogens with zero attached hydrogens (tertiary/aromatic N) is 2. The molecule has 176 valence electrons. The van der Waals surface area contributed by atoms with Crippen molar-refractivity contribution < 1.29 is 19.0 Å². The first kappa shape index (κ1) is 23.2. The van der Waals surface area contributed by atoms with Crippen molar-refractivity contribution in [1.82, 2.24) is 14.9 Å². The predicted molar refractivity (Wildman–Crippen MR) is 132 cm³/mol. The zero-order valence-electron chi connectivity index (χ0n) is 19.5. The molecule has 0 aliphatic rings. The second-order valence-electron chi connectivity index (χ2n) is 7.82. The van der Waals surface area contributed by atoms with E-state index in [0.29, 0.717) is 32.5 Å². The molecule has 0 radical (unpaired) electrons. The fourth-order valence-electron chi connectivity index (χ4n) is 3.82. The van der Waals surface area contributed by atoms with Gasteiger partial charge in [-0.05, 0) is 42.0 Å². The fourth-order valence-corrected chi connectivity index (χ4v) is 3.82. The average Bonchev–Trinajstić information content (AvgIpc) is 3.22. The predicted octanol–water partition coefficient (Wildman–Crippen LogP) is 4.03. The van der Waals surface area contributed by atoms with Gasteiger partial charge in [0.25, 0.3) is 0 Å². The van der Waals surface area contributed by atoms with Crippen LogP contribution in [0.4, 0.5) is 0 Å². The van der Waals surface area contributed by atoms with Crippen LogP contribution >= 0.6 is 0 Å². The number of imidazole rings is 1. The first-order valence-corrected chi connectivity index (χ1v) is 11.3. The van der Waals surface area contributed by atoms with Gasteiger partial charge in [-0.25, -0.2) is 4.98 Å². The highest BCUT2D eigenvalue weighted by molar-refractivity contribution is 5.78. The summed E-state index contributed by atoms with van der Waals surface area (Å²) < 4.78 is 18.5. The van der Waals surface area contributed by atoms with E-state index in [1.165, 1.54) is 0 Å². The van der Waals surface area contributed by atoms with Gasteiger partial charge in [-0.3, -0.25) is 4.79 Å². The first-order valence-electron chi connectivity index (χ1n) is 11.3. The Morgan fingerprint density at radius 3 is 2.47 bits per heavy atom. The highest BCUT2D eigenvalue weighted by Crippen LogP contribution is 2.20. The summed E-state index contributed by atoms with van der Waals surface area (Å²) in [5.74, 6) is 3.19.